The molecule has 0 aliphatic carbocycles. The fourth-order valence-electron chi connectivity index (χ4n) is 2.66. The van der Waals surface area contributed by atoms with Crippen LogP contribution >= 0.6 is 11.8 Å². The molecule has 0 saturated heterocycles. The van der Waals surface area contributed by atoms with E-state index in [0.29, 0.717) is 5.75 Å². The molecule has 4 heteroatoms. The number of thioether (sulfide) groups is 1. The Bertz CT molecular complexity index is 693. The third-order valence-electron chi connectivity index (χ3n) is 3.88. The van der Waals surface area contributed by atoms with Crippen LogP contribution in [0.1, 0.15) is 30.5 Å². The van der Waals surface area contributed by atoms with Gasteiger partial charge in [-0.2, -0.15) is 0 Å². The molecule has 22 heavy (non-hydrogen) atoms. The molecule has 2 aromatic rings. The largest absolute Gasteiger partial charge is 0.343 e. The molecular formula is C18H24N2OS. The van der Waals surface area contributed by atoms with E-state index in [0.717, 1.165) is 29.2 Å². The Hall–Kier alpha value is -1.55. The van der Waals surface area contributed by atoms with E-state index >= 15 is 0 Å². The molecule has 0 radical (unpaired) electrons. The van der Waals surface area contributed by atoms with E-state index in [9.17, 15) is 4.79 Å². The lowest BCUT2D eigenvalue weighted by atomic mass is 10.1. The molecule has 0 fully saturated rings. The normalized spacial score (nSPS) is 11.0. The van der Waals surface area contributed by atoms with E-state index in [2.05, 4.69) is 39.0 Å². The average Bonchev–Trinajstić information content (AvgIpc) is 2.47. The van der Waals surface area contributed by atoms with E-state index in [4.69, 9.17) is 4.98 Å². The van der Waals surface area contributed by atoms with Crippen molar-refractivity contribution in [1.29, 1.82) is 0 Å². The van der Waals surface area contributed by atoms with E-state index < -0.39 is 0 Å². The highest BCUT2D eigenvalue weighted by Gasteiger charge is 2.12. The van der Waals surface area contributed by atoms with Gasteiger partial charge in [-0.1, -0.05) is 17.8 Å². The number of nitrogens with zero attached hydrogens (tertiary/aromatic N) is 2. The molecule has 1 aromatic heterocycles. The van der Waals surface area contributed by atoms with Crippen LogP contribution in [-0.4, -0.2) is 34.6 Å². The van der Waals surface area contributed by atoms with Gasteiger partial charge in [0.15, 0.2) is 0 Å². The molecule has 1 amide bonds. The summed E-state index contributed by atoms with van der Waals surface area (Å²) in [6.45, 7) is 11.8. The molecule has 0 atom stereocenters. The first kappa shape index (κ1) is 16.8. The van der Waals surface area contributed by atoms with Gasteiger partial charge in [0.1, 0.15) is 5.03 Å². The SMILES string of the molecule is CCN(CC)C(=O)CSc1nc2cc(C)cc(C)c2cc1C. The van der Waals surface area contributed by atoms with Crippen molar-refractivity contribution in [3.05, 3.63) is 34.9 Å². The van der Waals surface area contributed by atoms with E-state index in [1.54, 1.807) is 0 Å². The van der Waals surface area contributed by atoms with Crippen LogP contribution in [0.25, 0.3) is 10.9 Å². The quantitative estimate of drug-likeness (QED) is 0.778. The van der Waals surface area contributed by atoms with Crippen LogP contribution in [0.4, 0.5) is 0 Å². The van der Waals surface area contributed by atoms with Crippen LogP contribution in [0.15, 0.2) is 23.2 Å². The molecule has 0 spiro atoms. The lowest BCUT2D eigenvalue weighted by Gasteiger charge is -2.18. The number of hydrogen-bond acceptors (Lipinski definition) is 3. The fraction of sp³-hybridized carbons (Fsp3) is 0.444. The molecule has 0 bridgehead atoms. The zero-order valence-corrected chi connectivity index (χ0v) is 14.9. The Morgan fingerprint density at radius 1 is 1.09 bits per heavy atom. The van der Waals surface area contributed by atoms with Crippen molar-refractivity contribution in [3.8, 4) is 0 Å². The lowest BCUT2D eigenvalue weighted by molar-refractivity contribution is -0.127. The standard InChI is InChI=1S/C18H24N2OS/c1-6-20(7-2)17(21)11-22-18-14(5)10-15-13(4)8-12(3)9-16(15)19-18/h8-10H,6-7,11H2,1-5H3. The van der Waals surface area contributed by atoms with Gasteiger partial charge in [-0.3, -0.25) is 4.79 Å². The molecule has 2 rings (SSSR count). The summed E-state index contributed by atoms with van der Waals surface area (Å²) in [6.07, 6.45) is 0. The number of carbonyl (C=O) groups is 1. The molecule has 3 nitrogen and oxygen atoms in total. The zero-order chi connectivity index (χ0) is 16.3. The number of pyridine rings is 1. The van der Waals surface area contributed by atoms with Crippen molar-refractivity contribution in [3.63, 3.8) is 0 Å². The van der Waals surface area contributed by atoms with E-state index in [1.807, 2.05) is 18.7 Å². The topological polar surface area (TPSA) is 33.2 Å². The maximum Gasteiger partial charge on any atom is 0.232 e. The summed E-state index contributed by atoms with van der Waals surface area (Å²) in [5, 5.41) is 2.15. The second kappa shape index (κ2) is 7.14. The Morgan fingerprint density at radius 2 is 1.77 bits per heavy atom. The number of aryl methyl sites for hydroxylation is 3. The summed E-state index contributed by atoms with van der Waals surface area (Å²) < 4.78 is 0. The fourth-order valence-corrected chi connectivity index (χ4v) is 3.55. The summed E-state index contributed by atoms with van der Waals surface area (Å²) in [5.41, 5.74) is 4.62. The first-order chi connectivity index (χ1) is 10.5. The van der Waals surface area contributed by atoms with Crippen LogP contribution in [0, 0.1) is 20.8 Å². The molecule has 1 heterocycles. The molecule has 0 aliphatic rings. The van der Waals surface area contributed by atoms with Crippen molar-refractivity contribution in [2.24, 2.45) is 0 Å². The highest BCUT2D eigenvalue weighted by molar-refractivity contribution is 7.99. The first-order valence-corrected chi connectivity index (χ1v) is 8.74. The first-order valence-electron chi connectivity index (χ1n) is 7.75. The number of rotatable bonds is 5. The molecule has 0 N–H and O–H groups in total. The third kappa shape index (κ3) is 3.61. The second-order valence-electron chi connectivity index (χ2n) is 5.61. The van der Waals surface area contributed by atoms with Gasteiger partial charge >= 0.3 is 0 Å². The van der Waals surface area contributed by atoms with E-state index in [1.165, 1.54) is 28.3 Å². The number of hydrogen-bond donors (Lipinski definition) is 0. The molecule has 0 unspecified atom stereocenters. The third-order valence-corrected chi connectivity index (χ3v) is 4.96. The van der Waals surface area contributed by atoms with Crippen molar-refractivity contribution in [2.75, 3.05) is 18.8 Å². The molecule has 1 aromatic carbocycles. The summed E-state index contributed by atoms with van der Waals surface area (Å²) in [5.74, 6) is 0.628. The maximum atomic E-state index is 12.1. The molecule has 0 saturated carbocycles. The van der Waals surface area contributed by atoms with Crippen LogP contribution in [0.3, 0.4) is 0 Å². The lowest BCUT2D eigenvalue weighted by Crippen LogP contribution is -2.31. The number of amides is 1. The van der Waals surface area contributed by atoms with Gasteiger partial charge in [0.05, 0.1) is 11.3 Å². The summed E-state index contributed by atoms with van der Waals surface area (Å²) >= 11 is 1.54. The molecular weight excluding hydrogens is 292 g/mol. The highest BCUT2D eigenvalue weighted by atomic mass is 32.2. The Morgan fingerprint density at radius 3 is 2.41 bits per heavy atom. The summed E-state index contributed by atoms with van der Waals surface area (Å²) in [4.78, 5) is 18.8. The van der Waals surface area contributed by atoms with Crippen LogP contribution < -0.4 is 0 Å². The predicted octanol–water partition coefficient (Wildman–Crippen LogP) is 4.12. The molecule has 118 valence electrons. The van der Waals surface area contributed by atoms with Crippen molar-refractivity contribution >= 4 is 28.6 Å². The number of fused-ring (bicyclic) bond motifs is 1. The minimum absolute atomic E-state index is 0.178. The summed E-state index contributed by atoms with van der Waals surface area (Å²) in [7, 11) is 0. The van der Waals surface area contributed by atoms with Gasteiger partial charge in [0.25, 0.3) is 0 Å². The van der Waals surface area contributed by atoms with E-state index in [-0.39, 0.29) is 5.91 Å². The predicted molar refractivity (Wildman–Crippen MR) is 94.6 cm³/mol. The summed E-state index contributed by atoms with van der Waals surface area (Å²) in [6, 6.07) is 6.47. The molecule has 0 aliphatic heterocycles. The Kier molecular flexibility index (Phi) is 5.46. The number of carbonyl (C=O) groups excluding carboxylic acids is 1. The van der Waals surface area contributed by atoms with Crippen molar-refractivity contribution in [2.45, 2.75) is 39.6 Å². The van der Waals surface area contributed by atoms with Crippen molar-refractivity contribution < 1.29 is 4.79 Å². The Balaban J connectivity index is 2.25. The monoisotopic (exact) mass is 316 g/mol. The smallest absolute Gasteiger partial charge is 0.232 e. The van der Waals surface area contributed by atoms with Crippen LogP contribution in [0.2, 0.25) is 0 Å². The maximum absolute atomic E-state index is 12.1. The van der Waals surface area contributed by atoms with Gasteiger partial charge in [-0.15, -0.1) is 0 Å². The van der Waals surface area contributed by atoms with Crippen LogP contribution in [-0.2, 0) is 4.79 Å². The van der Waals surface area contributed by atoms with Gasteiger partial charge in [0, 0.05) is 18.5 Å². The minimum atomic E-state index is 0.178. The van der Waals surface area contributed by atoms with Gasteiger partial charge in [-0.25, -0.2) is 4.98 Å². The van der Waals surface area contributed by atoms with Gasteiger partial charge in [-0.05, 0) is 63.4 Å². The minimum Gasteiger partial charge on any atom is -0.343 e. The Labute approximate surface area is 137 Å². The van der Waals surface area contributed by atoms with Crippen molar-refractivity contribution in [1.82, 2.24) is 9.88 Å². The average molecular weight is 316 g/mol. The van der Waals surface area contributed by atoms with Gasteiger partial charge < -0.3 is 4.90 Å². The van der Waals surface area contributed by atoms with Crippen LogP contribution in [0.5, 0.6) is 0 Å². The number of benzene rings is 1. The number of aromatic nitrogens is 1. The highest BCUT2D eigenvalue weighted by Crippen LogP contribution is 2.27. The second-order valence-corrected chi connectivity index (χ2v) is 6.58. The zero-order valence-electron chi connectivity index (χ0n) is 14.1. The van der Waals surface area contributed by atoms with Gasteiger partial charge in [0.2, 0.25) is 5.91 Å².